The van der Waals surface area contributed by atoms with Crippen LogP contribution in [0.3, 0.4) is 0 Å². The van der Waals surface area contributed by atoms with Gasteiger partial charge < -0.3 is 10.5 Å². The summed E-state index contributed by atoms with van der Waals surface area (Å²) in [6.45, 7) is 0.887. The SMILES string of the molecule is NC(=O)c1cc(F)c(C2CC3CCC(C2)N3Cc2ccccc2)nc1Oc1ccc(F)cc1. The Labute approximate surface area is 191 Å². The van der Waals surface area contributed by atoms with Gasteiger partial charge >= 0.3 is 0 Å². The van der Waals surface area contributed by atoms with E-state index in [4.69, 9.17) is 10.5 Å². The van der Waals surface area contributed by atoms with Crippen molar-refractivity contribution in [1.29, 1.82) is 0 Å². The van der Waals surface area contributed by atoms with Crippen LogP contribution in [0.5, 0.6) is 11.6 Å². The Hall–Kier alpha value is -3.32. The summed E-state index contributed by atoms with van der Waals surface area (Å²) in [6.07, 6.45) is 3.74. The predicted molar refractivity (Wildman–Crippen MR) is 120 cm³/mol. The maximum Gasteiger partial charge on any atom is 0.254 e. The quantitative estimate of drug-likeness (QED) is 0.564. The highest BCUT2D eigenvalue weighted by atomic mass is 19.1. The Morgan fingerprint density at radius 1 is 1.03 bits per heavy atom. The molecule has 2 unspecified atom stereocenters. The molecule has 2 saturated heterocycles. The number of rotatable bonds is 6. The number of aromatic nitrogens is 1. The summed E-state index contributed by atoms with van der Waals surface area (Å²) in [6, 6.07) is 17.5. The minimum Gasteiger partial charge on any atom is -0.438 e. The molecular formula is C26H25F2N3O2. The van der Waals surface area contributed by atoms with E-state index in [1.165, 1.54) is 29.8 Å². The third-order valence-corrected chi connectivity index (χ3v) is 6.74. The van der Waals surface area contributed by atoms with Crippen molar-refractivity contribution in [2.24, 2.45) is 5.73 Å². The van der Waals surface area contributed by atoms with Crippen LogP contribution in [0.15, 0.2) is 60.7 Å². The largest absolute Gasteiger partial charge is 0.438 e. The number of ether oxygens (including phenoxy) is 1. The topological polar surface area (TPSA) is 68.5 Å². The molecule has 0 saturated carbocycles. The van der Waals surface area contributed by atoms with Crippen molar-refractivity contribution < 1.29 is 18.3 Å². The summed E-state index contributed by atoms with van der Waals surface area (Å²) < 4.78 is 34.1. The molecule has 7 heteroatoms. The second-order valence-corrected chi connectivity index (χ2v) is 8.84. The van der Waals surface area contributed by atoms with Crippen molar-refractivity contribution in [3.8, 4) is 11.6 Å². The van der Waals surface area contributed by atoms with E-state index < -0.39 is 17.5 Å². The minimum atomic E-state index is -0.831. The van der Waals surface area contributed by atoms with Gasteiger partial charge in [-0.2, -0.15) is 0 Å². The molecule has 2 N–H and O–H groups in total. The second-order valence-electron chi connectivity index (χ2n) is 8.84. The fourth-order valence-electron chi connectivity index (χ4n) is 5.19. The van der Waals surface area contributed by atoms with Crippen LogP contribution in [-0.2, 0) is 6.54 Å². The standard InChI is InChI=1S/C26H25F2N3O2/c27-18-6-10-21(11-7-18)33-26-22(25(29)32)14-23(28)24(30-26)17-12-19-8-9-20(13-17)31(19)15-16-4-2-1-3-5-16/h1-7,10-11,14,17,19-20H,8-9,12-13,15H2,(H2,29,32). The molecule has 33 heavy (non-hydrogen) atoms. The lowest BCUT2D eigenvalue weighted by atomic mass is 9.87. The number of amides is 1. The molecule has 2 bridgehead atoms. The number of primary amides is 1. The van der Waals surface area contributed by atoms with Crippen molar-refractivity contribution in [2.45, 2.75) is 50.2 Å². The first-order valence-electron chi connectivity index (χ1n) is 11.2. The van der Waals surface area contributed by atoms with Crippen molar-refractivity contribution in [3.05, 3.63) is 89.1 Å². The van der Waals surface area contributed by atoms with Crippen LogP contribution in [0, 0.1) is 11.6 Å². The molecule has 3 heterocycles. The molecule has 2 fully saturated rings. The molecule has 0 radical (unpaired) electrons. The van der Waals surface area contributed by atoms with E-state index in [9.17, 15) is 9.18 Å². The Kier molecular flexibility index (Phi) is 5.81. The van der Waals surface area contributed by atoms with Crippen LogP contribution in [0.25, 0.3) is 0 Å². The maximum atomic E-state index is 15.1. The van der Waals surface area contributed by atoms with Crippen LogP contribution < -0.4 is 10.5 Å². The van der Waals surface area contributed by atoms with E-state index in [2.05, 4.69) is 22.0 Å². The molecule has 3 aromatic rings. The smallest absolute Gasteiger partial charge is 0.254 e. The Balaban J connectivity index is 1.40. The van der Waals surface area contributed by atoms with Crippen LogP contribution in [0.2, 0.25) is 0 Å². The van der Waals surface area contributed by atoms with Gasteiger partial charge in [0, 0.05) is 24.5 Å². The van der Waals surface area contributed by atoms with Gasteiger partial charge in [0.05, 0.1) is 5.69 Å². The maximum absolute atomic E-state index is 15.1. The summed E-state index contributed by atoms with van der Waals surface area (Å²) in [5.41, 5.74) is 6.88. The second kappa shape index (κ2) is 8.90. The Morgan fingerprint density at radius 3 is 2.33 bits per heavy atom. The molecule has 170 valence electrons. The highest BCUT2D eigenvalue weighted by molar-refractivity contribution is 5.95. The van der Waals surface area contributed by atoms with E-state index in [1.807, 2.05) is 18.2 Å². The zero-order valence-electron chi connectivity index (χ0n) is 18.1. The molecule has 5 rings (SSSR count). The molecule has 2 atom stereocenters. The molecule has 2 aliphatic rings. The average Bonchev–Trinajstić information content (AvgIpc) is 3.03. The highest BCUT2D eigenvalue weighted by Gasteiger charge is 2.42. The molecule has 2 aromatic carbocycles. The molecule has 1 amide bonds. The molecule has 5 nitrogen and oxygen atoms in total. The van der Waals surface area contributed by atoms with Crippen LogP contribution in [0.4, 0.5) is 8.78 Å². The van der Waals surface area contributed by atoms with Crippen molar-refractivity contribution in [2.75, 3.05) is 0 Å². The summed E-state index contributed by atoms with van der Waals surface area (Å²) in [7, 11) is 0. The van der Waals surface area contributed by atoms with E-state index in [0.29, 0.717) is 23.5 Å². The lowest BCUT2D eigenvalue weighted by Crippen LogP contribution is -2.42. The summed E-state index contributed by atoms with van der Waals surface area (Å²) in [4.78, 5) is 18.9. The number of nitrogens with two attached hydrogens (primary N) is 1. The van der Waals surface area contributed by atoms with E-state index >= 15 is 4.39 Å². The normalized spacial score (nSPS) is 22.3. The van der Waals surface area contributed by atoms with Gasteiger partial charge in [-0.3, -0.25) is 9.69 Å². The first kappa shape index (κ1) is 21.5. The zero-order chi connectivity index (χ0) is 22.9. The van der Waals surface area contributed by atoms with Crippen LogP contribution in [-0.4, -0.2) is 27.9 Å². The molecular weight excluding hydrogens is 424 g/mol. The number of carbonyl (C=O) groups is 1. The number of hydrogen-bond acceptors (Lipinski definition) is 4. The van der Waals surface area contributed by atoms with Crippen LogP contribution in [0.1, 0.15) is 53.2 Å². The summed E-state index contributed by atoms with van der Waals surface area (Å²) in [5.74, 6) is -1.62. The predicted octanol–water partition coefficient (Wildman–Crippen LogP) is 5.16. The number of pyridine rings is 1. The average molecular weight is 450 g/mol. The lowest BCUT2D eigenvalue weighted by molar-refractivity contribution is 0.0996. The van der Waals surface area contributed by atoms with Gasteiger partial charge in [0.15, 0.2) is 0 Å². The third-order valence-electron chi connectivity index (χ3n) is 6.74. The van der Waals surface area contributed by atoms with Gasteiger partial charge in [-0.15, -0.1) is 0 Å². The fraction of sp³-hybridized carbons (Fsp3) is 0.308. The number of benzene rings is 2. The number of fused-ring (bicyclic) bond motifs is 2. The number of halogens is 2. The first-order valence-corrected chi connectivity index (χ1v) is 11.2. The van der Waals surface area contributed by atoms with E-state index in [0.717, 1.165) is 38.3 Å². The number of piperidine rings is 1. The molecule has 0 spiro atoms. The Bertz CT molecular complexity index is 1140. The Morgan fingerprint density at radius 2 is 1.70 bits per heavy atom. The summed E-state index contributed by atoms with van der Waals surface area (Å²) >= 11 is 0. The summed E-state index contributed by atoms with van der Waals surface area (Å²) in [5, 5.41) is 0. The number of carbonyl (C=O) groups excluding carboxylic acids is 1. The van der Waals surface area contributed by atoms with Gasteiger partial charge in [0.25, 0.3) is 5.91 Å². The van der Waals surface area contributed by atoms with Gasteiger partial charge in [0.1, 0.15) is 22.9 Å². The van der Waals surface area contributed by atoms with Crippen molar-refractivity contribution in [3.63, 3.8) is 0 Å². The third kappa shape index (κ3) is 4.46. The number of nitrogens with zero attached hydrogens (tertiary/aromatic N) is 2. The molecule has 2 aliphatic heterocycles. The van der Waals surface area contributed by atoms with Gasteiger partial charge in [-0.25, -0.2) is 13.8 Å². The first-order chi connectivity index (χ1) is 16.0. The zero-order valence-corrected chi connectivity index (χ0v) is 18.1. The minimum absolute atomic E-state index is 0.0513. The molecule has 1 aromatic heterocycles. The highest BCUT2D eigenvalue weighted by Crippen LogP contribution is 2.44. The van der Waals surface area contributed by atoms with Gasteiger partial charge in [-0.05, 0) is 61.6 Å². The fourth-order valence-corrected chi connectivity index (χ4v) is 5.19. The number of hydrogen-bond donors (Lipinski definition) is 1. The van der Waals surface area contributed by atoms with Crippen LogP contribution >= 0.6 is 0 Å². The van der Waals surface area contributed by atoms with E-state index in [-0.39, 0.29) is 17.4 Å². The molecule has 0 aliphatic carbocycles. The van der Waals surface area contributed by atoms with Crippen molar-refractivity contribution in [1.82, 2.24) is 9.88 Å². The van der Waals surface area contributed by atoms with E-state index in [1.54, 1.807) is 0 Å². The van der Waals surface area contributed by atoms with Gasteiger partial charge in [0.2, 0.25) is 5.88 Å². The lowest BCUT2D eigenvalue weighted by Gasteiger charge is -2.39. The van der Waals surface area contributed by atoms with Gasteiger partial charge in [-0.1, -0.05) is 30.3 Å². The van der Waals surface area contributed by atoms with Crippen molar-refractivity contribution >= 4 is 5.91 Å². The monoisotopic (exact) mass is 449 g/mol.